The Labute approximate surface area is 138 Å². The van der Waals surface area contributed by atoms with Crippen LogP contribution in [0.4, 0.5) is 25.0 Å². The van der Waals surface area contributed by atoms with Gasteiger partial charge in [0.15, 0.2) is 23.1 Å². The van der Waals surface area contributed by atoms with Crippen molar-refractivity contribution in [3.05, 3.63) is 48.0 Å². The molecule has 0 radical (unpaired) electrons. The zero-order chi connectivity index (χ0) is 17.9. The molecule has 2 aromatic rings. The van der Waals surface area contributed by atoms with E-state index < -0.39 is 23.3 Å². The van der Waals surface area contributed by atoms with Crippen LogP contribution in [0.15, 0.2) is 36.4 Å². The maximum atomic E-state index is 14.5. The van der Waals surface area contributed by atoms with Crippen LogP contribution >= 0.6 is 0 Å². The van der Waals surface area contributed by atoms with Gasteiger partial charge in [0.25, 0.3) is 0 Å². The molecule has 0 heterocycles. The van der Waals surface area contributed by atoms with Crippen molar-refractivity contribution in [2.24, 2.45) is 0 Å². The monoisotopic (exact) mass is 336 g/mol. The molecule has 0 aliphatic rings. The summed E-state index contributed by atoms with van der Waals surface area (Å²) in [5, 5.41) is 2.27. The molecule has 128 valence electrons. The Bertz CT molecular complexity index is 758. The fourth-order valence-electron chi connectivity index (χ4n) is 1.82. The number of nitrogen functional groups attached to an aromatic ring is 1. The predicted molar refractivity (Wildman–Crippen MR) is 87.1 cm³/mol. The SMILES string of the molecule is CC(C)(C)OC(=O)Nc1ccc(N)c(Oc2ccccc2F)c1F. The fraction of sp³-hybridized carbons (Fsp3) is 0.235. The molecule has 0 aromatic heterocycles. The third-order valence-electron chi connectivity index (χ3n) is 2.81. The van der Waals surface area contributed by atoms with Gasteiger partial charge in [-0.25, -0.2) is 13.6 Å². The van der Waals surface area contributed by atoms with Crippen molar-refractivity contribution < 1.29 is 23.0 Å². The van der Waals surface area contributed by atoms with Gasteiger partial charge in [0.05, 0.1) is 11.4 Å². The van der Waals surface area contributed by atoms with E-state index in [0.717, 1.165) is 0 Å². The van der Waals surface area contributed by atoms with Gasteiger partial charge >= 0.3 is 6.09 Å². The topological polar surface area (TPSA) is 73.6 Å². The minimum Gasteiger partial charge on any atom is -0.449 e. The molecule has 1 amide bonds. The number of ether oxygens (including phenoxy) is 2. The molecular weight excluding hydrogens is 318 g/mol. The Balaban J connectivity index is 2.27. The maximum absolute atomic E-state index is 14.5. The van der Waals surface area contributed by atoms with Gasteiger partial charge < -0.3 is 15.2 Å². The van der Waals surface area contributed by atoms with E-state index in [0.29, 0.717) is 0 Å². The Morgan fingerprint density at radius 1 is 1.12 bits per heavy atom. The predicted octanol–water partition coefficient (Wildman–Crippen LogP) is 4.69. The molecule has 2 rings (SSSR count). The standard InChI is InChI=1S/C17H18F2N2O3/c1-17(2,3)24-16(22)21-12-9-8-11(20)15(14(12)19)23-13-7-5-4-6-10(13)18/h4-9H,20H2,1-3H3,(H,21,22). The molecule has 7 heteroatoms. The first kappa shape index (κ1) is 17.5. The molecular formula is C17H18F2N2O3. The normalized spacial score (nSPS) is 11.0. The number of halogens is 2. The first-order chi connectivity index (χ1) is 11.2. The van der Waals surface area contributed by atoms with Crippen molar-refractivity contribution >= 4 is 17.5 Å². The molecule has 0 atom stereocenters. The van der Waals surface area contributed by atoms with Crippen LogP contribution < -0.4 is 15.8 Å². The van der Waals surface area contributed by atoms with Gasteiger partial charge in [-0.15, -0.1) is 0 Å². The molecule has 0 spiro atoms. The van der Waals surface area contributed by atoms with Gasteiger partial charge in [0.1, 0.15) is 5.60 Å². The number of carbonyl (C=O) groups excluding carboxylic acids is 1. The van der Waals surface area contributed by atoms with Crippen LogP contribution in [0.1, 0.15) is 20.8 Å². The lowest BCUT2D eigenvalue weighted by molar-refractivity contribution is 0.0635. The number of carbonyl (C=O) groups is 1. The van der Waals surface area contributed by atoms with Crippen LogP contribution in [0.3, 0.4) is 0 Å². The molecule has 24 heavy (non-hydrogen) atoms. The van der Waals surface area contributed by atoms with Crippen molar-refractivity contribution in [3.8, 4) is 11.5 Å². The van der Waals surface area contributed by atoms with Crippen molar-refractivity contribution in [1.82, 2.24) is 0 Å². The van der Waals surface area contributed by atoms with E-state index >= 15 is 0 Å². The van der Waals surface area contributed by atoms with Crippen molar-refractivity contribution in [2.45, 2.75) is 26.4 Å². The molecule has 3 N–H and O–H groups in total. The third kappa shape index (κ3) is 4.34. The van der Waals surface area contributed by atoms with E-state index in [9.17, 15) is 13.6 Å². The number of rotatable bonds is 3. The van der Waals surface area contributed by atoms with Crippen LogP contribution in [0, 0.1) is 11.6 Å². The molecule has 5 nitrogen and oxygen atoms in total. The molecule has 0 fully saturated rings. The number of hydrogen-bond acceptors (Lipinski definition) is 4. The number of nitrogens with two attached hydrogens (primary N) is 1. The van der Waals surface area contributed by atoms with E-state index in [1.807, 2.05) is 0 Å². The molecule has 0 bridgehead atoms. The number of nitrogens with one attached hydrogen (secondary N) is 1. The highest BCUT2D eigenvalue weighted by atomic mass is 19.1. The lowest BCUT2D eigenvalue weighted by Gasteiger charge is -2.20. The van der Waals surface area contributed by atoms with Crippen LogP contribution in [0.2, 0.25) is 0 Å². The van der Waals surface area contributed by atoms with E-state index in [1.165, 1.54) is 36.4 Å². The summed E-state index contributed by atoms with van der Waals surface area (Å²) in [6.45, 7) is 5.04. The fourth-order valence-corrected chi connectivity index (χ4v) is 1.82. The second kappa shape index (κ2) is 6.74. The maximum Gasteiger partial charge on any atom is 0.412 e. The summed E-state index contributed by atoms with van der Waals surface area (Å²) in [5.41, 5.74) is 4.73. The summed E-state index contributed by atoms with van der Waals surface area (Å²) < 4.78 is 38.5. The van der Waals surface area contributed by atoms with Crippen LogP contribution in [-0.4, -0.2) is 11.7 Å². The molecule has 0 aliphatic heterocycles. The summed E-state index contributed by atoms with van der Waals surface area (Å²) in [4.78, 5) is 11.8. The van der Waals surface area contributed by atoms with Gasteiger partial charge in [-0.2, -0.15) is 0 Å². The smallest absolute Gasteiger partial charge is 0.412 e. The van der Waals surface area contributed by atoms with Gasteiger partial charge in [0, 0.05) is 0 Å². The van der Waals surface area contributed by atoms with Gasteiger partial charge in [0.2, 0.25) is 0 Å². The van der Waals surface area contributed by atoms with Crippen molar-refractivity contribution in [3.63, 3.8) is 0 Å². The number of hydrogen-bond donors (Lipinski definition) is 2. The van der Waals surface area contributed by atoms with Crippen molar-refractivity contribution in [1.29, 1.82) is 0 Å². The molecule has 0 saturated carbocycles. The second-order valence-corrected chi connectivity index (χ2v) is 6.00. The zero-order valence-corrected chi connectivity index (χ0v) is 13.5. The molecule has 0 saturated heterocycles. The summed E-state index contributed by atoms with van der Waals surface area (Å²) in [6, 6.07) is 8.13. The van der Waals surface area contributed by atoms with Crippen LogP contribution in [-0.2, 0) is 4.74 Å². The average Bonchev–Trinajstić information content (AvgIpc) is 2.46. The zero-order valence-electron chi connectivity index (χ0n) is 13.5. The summed E-state index contributed by atoms with van der Waals surface area (Å²) in [6.07, 6.45) is -0.831. The Kier molecular flexibility index (Phi) is 4.92. The molecule has 2 aromatic carbocycles. The Morgan fingerprint density at radius 2 is 1.79 bits per heavy atom. The summed E-state index contributed by atoms with van der Waals surface area (Å²) in [5.74, 6) is -2.16. The highest BCUT2D eigenvalue weighted by Crippen LogP contribution is 2.35. The second-order valence-electron chi connectivity index (χ2n) is 6.00. The minimum absolute atomic E-state index is 0.0366. The van der Waals surface area contributed by atoms with Crippen molar-refractivity contribution in [2.75, 3.05) is 11.1 Å². The number of para-hydroxylation sites is 1. The largest absolute Gasteiger partial charge is 0.449 e. The van der Waals surface area contributed by atoms with Gasteiger partial charge in [-0.3, -0.25) is 5.32 Å². The van der Waals surface area contributed by atoms with Crippen LogP contribution in [0.25, 0.3) is 0 Å². The van der Waals surface area contributed by atoms with E-state index in [-0.39, 0.29) is 22.9 Å². The van der Waals surface area contributed by atoms with Gasteiger partial charge in [-0.05, 0) is 45.0 Å². The average molecular weight is 336 g/mol. The minimum atomic E-state index is -0.927. The van der Waals surface area contributed by atoms with E-state index in [4.69, 9.17) is 15.2 Å². The number of benzene rings is 2. The van der Waals surface area contributed by atoms with E-state index in [2.05, 4.69) is 5.32 Å². The highest BCUT2D eigenvalue weighted by molar-refractivity contribution is 5.86. The number of anilines is 2. The van der Waals surface area contributed by atoms with Crippen LogP contribution in [0.5, 0.6) is 11.5 Å². The Morgan fingerprint density at radius 3 is 2.42 bits per heavy atom. The lowest BCUT2D eigenvalue weighted by Crippen LogP contribution is -2.27. The van der Waals surface area contributed by atoms with E-state index in [1.54, 1.807) is 20.8 Å². The quantitative estimate of drug-likeness (QED) is 0.798. The third-order valence-corrected chi connectivity index (χ3v) is 2.81. The Hall–Kier alpha value is -2.83. The molecule has 0 unspecified atom stereocenters. The first-order valence-electron chi connectivity index (χ1n) is 7.18. The number of amides is 1. The first-order valence-corrected chi connectivity index (χ1v) is 7.18. The lowest BCUT2D eigenvalue weighted by atomic mass is 10.2. The molecule has 0 aliphatic carbocycles. The summed E-state index contributed by atoms with van der Waals surface area (Å²) >= 11 is 0. The summed E-state index contributed by atoms with van der Waals surface area (Å²) in [7, 11) is 0. The van der Waals surface area contributed by atoms with Gasteiger partial charge in [-0.1, -0.05) is 12.1 Å². The highest BCUT2D eigenvalue weighted by Gasteiger charge is 2.20.